The standard InChI is InChI=1S/C12H7ClN2OS/c13-9-3-4-14-11-10(9)8(12(16)15-11)6-7-2-1-5-17-7/h1-6H,(H,14,15,16)/b8-6+. The van der Waals surface area contributed by atoms with E-state index < -0.39 is 0 Å². The van der Waals surface area contributed by atoms with Crippen molar-refractivity contribution in [2.45, 2.75) is 0 Å². The van der Waals surface area contributed by atoms with Gasteiger partial charge in [-0.15, -0.1) is 11.3 Å². The molecule has 5 heteroatoms. The number of amides is 1. The van der Waals surface area contributed by atoms with Gasteiger partial charge in [0, 0.05) is 16.6 Å². The second-order valence-electron chi connectivity index (χ2n) is 3.54. The van der Waals surface area contributed by atoms with E-state index in [4.69, 9.17) is 11.6 Å². The van der Waals surface area contributed by atoms with Gasteiger partial charge in [0.2, 0.25) is 0 Å². The summed E-state index contributed by atoms with van der Waals surface area (Å²) >= 11 is 7.67. The smallest absolute Gasteiger partial charge is 0.257 e. The summed E-state index contributed by atoms with van der Waals surface area (Å²) in [5, 5.41) is 5.20. The monoisotopic (exact) mass is 262 g/mol. The first-order chi connectivity index (χ1) is 8.25. The van der Waals surface area contributed by atoms with Crippen LogP contribution in [-0.4, -0.2) is 10.9 Å². The van der Waals surface area contributed by atoms with E-state index in [0.717, 1.165) is 4.88 Å². The first-order valence-corrected chi connectivity index (χ1v) is 6.23. The largest absolute Gasteiger partial charge is 0.306 e. The van der Waals surface area contributed by atoms with Gasteiger partial charge in [0.05, 0.1) is 10.6 Å². The van der Waals surface area contributed by atoms with E-state index in [9.17, 15) is 4.79 Å². The number of nitrogens with zero attached hydrogens (tertiary/aromatic N) is 1. The molecule has 0 spiro atoms. The van der Waals surface area contributed by atoms with Crippen molar-refractivity contribution in [1.29, 1.82) is 0 Å². The number of nitrogens with one attached hydrogen (secondary N) is 1. The maximum atomic E-state index is 11.8. The molecule has 1 amide bonds. The third-order valence-electron chi connectivity index (χ3n) is 2.48. The van der Waals surface area contributed by atoms with Gasteiger partial charge in [0.1, 0.15) is 5.82 Å². The first kappa shape index (κ1) is 10.5. The number of carbonyl (C=O) groups is 1. The second kappa shape index (κ2) is 3.98. The molecule has 0 saturated heterocycles. The molecule has 2 aromatic heterocycles. The van der Waals surface area contributed by atoms with Crippen molar-refractivity contribution < 1.29 is 4.79 Å². The third-order valence-corrected chi connectivity index (χ3v) is 3.61. The molecule has 1 aliphatic rings. The number of rotatable bonds is 1. The Bertz CT molecular complexity index is 619. The fraction of sp³-hybridized carbons (Fsp3) is 0. The van der Waals surface area contributed by atoms with Crippen molar-refractivity contribution in [3.8, 4) is 0 Å². The van der Waals surface area contributed by atoms with Crippen molar-refractivity contribution in [3.63, 3.8) is 0 Å². The maximum absolute atomic E-state index is 11.8. The first-order valence-electron chi connectivity index (χ1n) is 4.97. The highest BCUT2D eigenvalue weighted by Gasteiger charge is 2.27. The summed E-state index contributed by atoms with van der Waals surface area (Å²) in [5.74, 6) is 0.374. The lowest BCUT2D eigenvalue weighted by Gasteiger charge is -1.99. The van der Waals surface area contributed by atoms with Crippen LogP contribution < -0.4 is 5.32 Å². The molecule has 0 aliphatic carbocycles. The van der Waals surface area contributed by atoms with Crippen molar-refractivity contribution >= 4 is 46.3 Å². The molecule has 1 N–H and O–H groups in total. The van der Waals surface area contributed by atoms with Crippen LogP contribution in [0.2, 0.25) is 5.02 Å². The van der Waals surface area contributed by atoms with E-state index >= 15 is 0 Å². The molecule has 1 aliphatic heterocycles. The predicted molar refractivity (Wildman–Crippen MR) is 70.1 cm³/mol. The molecule has 3 nitrogen and oxygen atoms in total. The normalized spacial score (nSPS) is 16.1. The van der Waals surface area contributed by atoms with E-state index in [1.807, 2.05) is 23.6 Å². The van der Waals surface area contributed by atoms with Gasteiger partial charge in [-0.2, -0.15) is 0 Å². The molecule has 0 aromatic carbocycles. The fourth-order valence-corrected chi connectivity index (χ4v) is 2.64. The number of thiophene rings is 1. The third kappa shape index (κ3) is 1.75. The number of halogens is 1. The molecule has 0 unspecified atom stereocenters. The lowest BCUT2D eigenvalue weighted by Crippen LogP contribution is -2.03. The number of pyridine rings is 1. The Balaban J connectivity index is 2.17. The Kier molecular flexibility index (Phi) is 2.46. The van der Waals surface area contributed by atoms with E-state index in [1.54, 1.807) is 23.6 Å². The lowest BCUT2D eigenvalue weighted by atomic mass is 10.1. The second-order valence-corrected chi connectivity index (χ2v) is 4.93. The van der Waals surface area contributed by atoms with E-state index in [1.165, 1.54) is 0 Å². The number of hydrogen-bond donors (Lipinski definition) is 1. The van der Waals surface area contributed by atoms with Crippen LogP contribution in [0.4, 0.5) is 5.82 Å². The summed E-state index contributed by atoms with van der Waals surface area (Å²) in [7, 11) is 0. The van der Waals surface area contributed by atoms with Gasteiger partial charge in [-0.3, -0.25) is 4.79 Å². The van der Waals surface area contributed by atoms with Gasteiger partial charge >= 0.3 is 0 Å². The number of aromatic nitrogens is 1. The summed E-state index contributed by atoms with van der Waals surface area (Å²) in [4.78, 5) is 16.9. The van der Waals surface area contributed by atoms with Crippen LogP contribution in [-0.2, 0) is 4.79 Å². The highest BCUT2D eigenvalue weighted by Crippen LogP contribution is 2.36. The zero-order chi connectivity index (χ0) is 11.8. The highest BCUT2D eigenvalue weighted by molar-refractivity contribution is 7.11. The molecular weight excluding hydrogens is 256 g/mol. The lowest BCUT2D eigenvalue weighted by molar-refractivity contribution is -0.110. The molecule has 0 saturated carbocycles. The van der Waals surface area contributed by atoms with Crippen LogP contribution in [0.5, 0.6) is 0 Å². The number of anilines is 1. The minimum absolute atomic E-state index is 0.158. The Morgan fingerprint density at radius 3 is 3.06 bits per heavy atom. The minimum atomic E-state index is -0.158. The van der Waals surface area contributed by atoms with Crippen molar-refractivity contribution in [1.82, 2.24) is 4.98 Å². The van der Waals surface area contributed by atoms with Gasteiger partial charge < -0.3 is 5.32 Å². The summed E-state index contributed by atoms with van der Waals surface area (Å²) in [6.07, 6.45) is 3.41. The van der Waals surface area contributed by atoms with Crippen LogP contribution in [0, 0.1) is 0 Å². The molecule has 3 heterocycles. The van der Waals surface area contributed by atoms with Crippen LogP contribution in [0.15, 0.2) is 29.8 Å². The highest BCUT2D eigenvalue weighted by atomic mass is 35.5. The van der Waals surface area contributed by atoms with Crippen molar-refractivity contribution in [3.05, 3.63) is 45.2 Å². The number of carbonyl (C=O) groups excluding carboxylic acids is 1. The quantitative estimate of drug-likeness (QED) is 0.802. The SMILES string of the molecule is O=C1Nc2nccc(Cl)c2/C1=C\c1cccs1. The molecule has 2 aromatic rings. The van der Waals surface area contributed by atoms with Gasteiger partial charge in [0.25, 0.3) is 5.91 Å². The molecule has 0 fully saturated rings. The zero-order valence-electron chi connectivity index (χ0n) is 8.61. The minimum Gasteiger partial charge on any atom is -0.306 e. The zero-order valence-corrected chi connectivity index (χ0v) is 10.2. The van der Waals surface area contributed by atoms with E-state index in [-0.39, 0.29) is 5.91 Å². The van der Waals surface area contributed by atoms with Gasteiger partial charge in [-0.1, -0.05) is 17.7 Å². The molecule has 0 atom stereocenters. The number of hydrogen-bond acceptors (Lipinski definition) is 3. The summed E-state index contributed by atoms with van der Waals surface area (Å²) < 4.78 is 0. The summed E-state index contributed by atoms with van der Waals surface area (Å²) in [5.41, 5.74) is 1.26. The van der Waals surface area contributed by atoms with Gasteiger partial charge in [-0.25, -0.2) is 4.98 Å². The van der Waals surface area contributed by atoms with Crippen molar-refractivity contribution in [2.24, 2.45) is 0 Å². The van der Waals surface area contributed by atoms with E-state index in [0.29, 0.717) is 22.0 Å². The summed E-state index contributed by atoms with van der Waals surface area (Å²) in [6.45, 7) is 0. The fourth-order valence-electron chi connectivity index (χ4n) is 1.73. The predicted octanol–water partition coefficient (Wildman–Crippen LogP) is 3.29. The number of fused-ring (bicyclic) bond motifs is 1. The molecule has 17 heavy (non-hydrogen) atoms. The van der Waals surface area contributed by atoms with Crippen LogP contribution in [0.3, 0.4) is 0 Å². The molecule has 0 radical (unpaired) electrons. The van der Waals surface area contributed by atoms with Crippen LogP contribution in [0.1, 0.15) is 10.4 Å². The molecule has 84 valence electrons. The molecular formula is C12H7ClN2OS. The maximum Gasteiger partial charge on any atom is 0.257 e. The average molecular weight is 263 g/mol. The van der Waals surface area contributed by atoms with Gasteiger partial charge in [0.15, 0.2) is 0 Å². The summed E-state index contributed by atoms with van der Waals surface area (Å²) in [6, 6.07) is 5.58. The Morgan fingerprint density at radius 2 is 2.29 bits per heavy atom. The van der Waals surface area contributed by atoms with E-state index in [2.05, 4.69) is 10.3 Å². The average Bonchev–Trinajstić information content (AvgIpc) is 2.89. The van der Waals surface area contributed by atoms with Crippen LogP contribution in [0.25, 0.3) is 11.6 Å². The Hall–Kier alpha value is -1.65. The Morgan fingerprint density at radius 1 is 1.41 bits per heavy atom. The Labute approximate surface area is 107 Å². The topological polar surface area (TPSA) is 42.0 Å². The van der Waals surface area contributed by atoms with Crippen molar-refractivity contribution in [2.75, 3.05) is 5.32 Å². The van der Waals surface area contributed by atoms with Crippen LogP contribution >= 0.6 is 22.9 Å². The molecule has 3 rings (SSSR count). The molecule has 0 bridgehead atoms. The van der Waals surface area contributed by atoms with Gasteiger partial charge in [-0.05, 0) is 23.6 Å².